The summed E-state index contributed by atoms with van der Waals surface area (Å²) < 4.78 is 5.41. The average molecular weight is 274 g/mol. The third-order valence-electron chi connectivity index (χ3n) is 4.47. The predicted octanol–water partition coefficient (Wildman–Crippen LogP) is 4.31. The SMILES string of the molecule is CCCCC1(C(=O)OCC)CCCc2ccccc2C1. The molecule has 2 heteroatoms. The first kappa shape index (κ1) is 15.1. The summed E-state index contributed by atoms with van der Waals surface area (Å²) in [4.78, 5) is 12.6. The number of benzene rings is 1. The van der Waals surface area contributed by atoms with Gasteiger partial charge in [0.25, 0.3) is 0 Å². The van der Waals surface area contributed by atoms with Crippen molar-refractivity contribution in [3.8, 4) is 0 Å². The van der Waals surface area contributed by atoms with E-state index >= 15 is 0 Å². The Morgan fingerprint density at radius 1 is 1.25 bits per heavy atom. The number of fused-ring (bicyclic) bond motifs is 1. The lowest BCUT2D eigenvalue weighted by atomic mass is 9.75. The van der Waals surface area contributed by atoms with Gasteiger partial charge < -0.3 is 4.74 Å². The summed E-state index contributed by atoms with van der Waals surface area (Å²) in [5.74, 6) is 0.0187. The van der Waals surface area contributed by atoms with Crippen molar-refractivity contribution in [1.82, 2.24) is 0 Å². The molecule has 20 heavy (non-hydrogen) atoms. The minimum absolute atomic E-state index is 0.0187. The Balaban J connectivity index is 2.29. The molecular weight excluding hydrogens is 248 g/mol. The summed E-state index contributed by atoms with van der Waals surface area (Å²) in [7, 11) is 0. The van der Waals surface area contributed by atoms with E-state index in [1.54, 1.807) is 0 Å². The summed E-state index contributed by atoms with van der Waals surface area (Å²) >= 11 is 0. The first-order valence-electron chi connectivity index (χ1n) is 7.96. The van der Waals surface area contributed by atoms with Gasteiger partial charge in [0.05, 0.1) is 12.0 Å². The van der Waals surface area contributed by atoms with E-state index < -0.39 is 0 Å². The fourth-order valence-electron chi connectivity index (χ4n) is 3.33. The van der Waals surface area contributed by atoms with Crippen LogP contribution < -0.4 is 0 Å². The highest BCUT2D eigenvalue weighted by Crippen LogP contribution is 2.39. The number of aryl methyl sites for hydroxylation is 1. The Morgan fingerprint density at radius 2 is 2.00 bits per heavy atom. The van der Waals surface area contributed by atoms with Gasteiger partial charge in [0.15, 0.2) is 0 Å². The van der Waals surface area contributed by atoms with Crippen molar-refractivity contribution in [3.05, 3.63) is 35.4 Å². The average Bonchev–Trinajstić information content (AvgIpc) is 2.65. The monoisotopic (exact) mass is 274 g/mol. The molecule has 0 amide bonds. The van der Waals surface area contributed by atoms with Gasteiger partial charge in [-0.15, -0.1) is 0 Å². The lowest BCUT2D eigenvalue weighted by Crippen LogP contribution is -2.35. The minimum atomic E-state index is -0.293. The van der Waals surface area contributed by atoms with E-state index in [-0.39, 0.29) is 11.4 Å². The third kappa shape index (κ3) is 3.23. The molecule has 0 aliphatic heterocycles. The van der Waals surface area contributed by atoms with Crippen LogP contribution in [0.1, 0.15) is 57.1 Å². The second kappa shape index (κ2) is 6.92. The molecule has 0 aromatic heterocycles. The lowest BCUT2D eigenvalue weighted by Gasteiger charge is -2.30. The first-order chi connectivity index (χ1) is 9.72. The summed E-state index contributed by atoms with van der Waals surface area (Å²) in [6.45, 7) is 4.56. The fourth-order valence-corrected chi connectivity index (χ4v) is 3.33. The second-order valence-corrected chi connectivity index (χ2v) is 5.90. The van der Waals surface area contributed by atoms with E-state index in [0.717, 1.165) is 44.9 Å². The van der Waals surface area contributed by atoms with Crippen LogP contribution in [0, 0.1) is 5.41 Å². The molecule has 0 spiro atoms. The van der Waals surface area contributed by atoms with Crippen LogP contribution in [0.4, 0.5) is 0 Å². The van der Waals surface area contributed by atoms with Gasteiger partial charge in [-0.2, -0.15) is 0 Å². The van der Waals surface area contributed by atoms with Gasteiger partial charge in [-0.05, 0) is 50.2 Å². The highest BCUT2D eigenvalue weighted by molar-refractivity contribution is 5.77. The number of unbranched alkanes of at least 4 members (excludes halogenated alkanes) is 1. The van der Waals surface area contributed by atoms with Gasteiger partial charge in [-0.25, -0.2) is 0 Å². The van der Waals surface area contributed by atoms with Gasteiger partial charge in [0.2, 0.25) is 0 Å². The van der Waals surface area contributed by atoms with Crippen LogP contribution >= 0.6 is 0 Å². The van der Waals surface area contributed by atoms with E-state index in [0.29, 0.717) is 6.61 Å². The number of carbonyl (C=O) groups is 1. The van der Waals surface area contributed by atoms with Gasteiger partial charge in [0.1, 0.15) is 0 Å². The van der Waals surface area contributed by atoms with Crippen molar-refractivity contribution < 1.29 is 9.53 Å². The van der Waals surface area contributed by atoms with Crippen molar-refractivity contribution in [2.75, 3.05) is 6.61 Å². The van der Waals surface area contributed by atoms with E-state index in [4.69, 9.17) is 4.74 Å². The Bertz CT molecular complexity index is 448. The zero-order valence-electron chi connectivity index (χ0n) is 12.8. The number of ether oxygens (including phenoxy) is 1. The predicted molar refractivity (Wildman–Crippen MR) is 81.7 cm³/mol. The molecular formula is C18H26O2. The second-order valence-electron chi connectivity index (χ2n) is 5.90. The summed E-state index contributed by atoms with van der Waals surface area (Å²) in [5, 5.41) is 0. The third-order valence-corrected chi connectivity index (χ3v) is 4.47. The highest BCUT2D eigenvalue weighted by Gasteiger charge is 2.40. The smallest absolute Gasteiger partial charge is 0.312 e. The fraction of sp³-hybridized carbons (Fsp3) is 0.611. The molecule has 1 aliphatic rings. The molecule has 1 aromatic carbocycles. The molecule has 0 radical (unpaired) electrons. The maximum atomic E-state index is 12.6. The zero-order chi connectivity index (χ0) is 14.4. The summed E-state index contributed by atoms with van der Waals surface area (Å²) in [6, 6.07) is 8.57. The normalized spacial score (nSPS) is 21.9. The highest BCUT2D eigenvalue weighted by atomic mass is 16.5. The summed E-state index contributed by atoms with van der Waals surface area (Å²) in [6.07, 6.45) is 7.16. The molecule has 0 heterocycles. The van der Waals surface area contributed by atoms with Crippen molar-refractivity contribution in [1.29, 1.82) is 0 Å². The maximum absolute atomic E-state index is 12.6. The molecule has 0 bridgehead atoms. The molecule has 0 N–H and O–H groups in total. The Labute approximate surface area is 122 Å². The van der Waals surface area contributed by atoms with Crippen molar-refractivity contribution >= 4 is 5.97 Å². The number of hydrogen-bond donors (Lipinski definition) is 0. The molecule has 1 unspecified atom stereocenters. The van der Waals surface area contributed by atoms with Crippen molar-refractivity contribution in [3.63, 3.8) is 0 Å². The van der Waals surface area contributed by atoms with E-state index in [2.05, 4.69) is 31.2 Å². The van der Waals surface area contributed by atoms with Crippen LogP contribution in [0.3, 0.4) is 0 Å². The number of esters is 1. The van der Waals surface area contributed by atoms with Gasteiger partial charge in [-0.1, -0.05) is 44.0 Å². The quantitative estimate of drug-likeness (QED) is 0.591. The van der Waals surface area contributed by atoms with Crippen LogP contribution in [0.5, 0.6) is 0 Å². The molecule has 2 rings (SSSR count). The molecule has 2 nitrogen and oxygen atoms in total. The minimum Gasteiger partial charge on any atom is -0.466 e. The molecule has 1 atom stereocenters. The molecule has 1 aliphatic carbocycles. The van der Waals surface area contributed by atoms with Gasteiger partial charge in [0, 0.05) is 0 Å². The largest absolute Gasteiger partial charge is 0.466 e. The zero-order valence-corrected chi connectivity index (χ0v) is 12.8. The molecule has 1 aromatic rings. The molecule has 0 fully saturated rings. The topological polar surface area (TPSA) is 26.3 Å². The lowest BCUT2D eigenvalue weighted by molar-refractivity contribution is -0.156. The van der Waals surface area contributed by atoms with E-state index in [9.17, 15) is 4.79 Å². The molecule has 110 valence electrons. The first-order valence-corrected chi connectivity index (χ1v) is 7.96. The number of hydrogen-bond acceptors (Lipinski definition) is 2. The Morgan fingerprint density at radius 3 is 2.70 bits per heavy atom. The van der Waals surface area contributed by atoms with Crippen molar-refractivity contribution in [2.45, 2.75) is 58.8 Å². The van der Waals surface area contributed by atoms with E-state index in [1.807, 2.05) is 6.92 Å². The Hall–Kier alpha value is -1.31. The van der Waals surface area contributed by atoms with Crippen LogP contribution in [-0.2, 0) is 22.4 Å². The van der Waals surface area contributed by atoms with Crippen molar-refractivity contribution in [2.24, 2.45) is 5.41 Å². The van der Waals surface area contributed by atoms with Crippen LogP contribution in [0.15, 0.2) is 24.3 Å². The van der Waals surface area contributed by atoms with Crippen LogP contribution in [-0.4, -0.2) is 12.6 Å². The van der Waals surface area contributed by atoms with Gasteiger partial charge in [-0.3, -0.25) is 4.79 Å². The summed E-state index contributed by atoms with van der Waals surface area (Å²) in [5.41, 5.74) is 2.46. The Kier molecular flexibility index (Phi) is 5.22. The number of rotatable bonds is 5. The standard InChI is InChI=1S/C18H26O2/c1-3-5-12-18(17(19)20-4-2)13-8-11-15-9-6-7-10-16(15)14-18/h6-7,9-10H,3-5,8,11-14H2,1-2H3. The number of carbonyl (C=O) groups excluding carboxylic acids is 1. The molecule has 0 saturated carbocycles. The maximum Gasteiger partial charge on any atom is 0.312 e. The van der Waals surface area contributed by atoms with E-state index in [1.165, 1.54) is 11.1 Å². The van der Waals surface area contributed by atoms with Crippen LogP contribution in [0.2, 0.25) is 0 Å². The van der Waals surface area contributed by atoms with Gasteiger partial charge >= 0.3 is 5.97 Å². The van der Waals surface area contributed by atoms with Crippen LogP contribution in [0.25, 0.3) is 0 Å². The molecule has 0 saturated heterocycles.